The van der Waals surface area contributed by atoms with E-state index in [0.717, 1.165) is 22.3 Å². The van der Waals surface area contributed by atoms with Crippen LogP contribution >= 0.6 is 0 Å². The van der Waals surface area contributed by atoms with Crippen LogP contribution in [0.2, 0.25) is 0 Å². The molecule has 2 aromatic carbocycles. The van der Waals surface area contributed by atoms with Gasteiger partial charge in [-0.1, -0.05) is 12.1 Å². The third-order valence-electron chi connectivity index (χ3n) is 4.03. The molecule has 0 aliphatic carbocycles. The van der Waals surface area contributed by atoms with Gasteiger partial charge in [-0.15, -0.1) is 0 Å². The Kier molecular flexibility index (Phi) is 3.93. The fourth-order valence-corrected chi connectivity index (χ4v) is 2.83. The Labute approximate surface area is 137 Å². The van der Waals surface area contributed by atoms with Gasteiger partial charge in [-0.2, -0.15) is 0 Å². The number of aryl methyl sites for hydroxylation is 1. The predicted octanol–water partition coefficient (Wildman–Crippen LogP) is 3.21. The zero-order chi connectivity index (χ0) is 17.6. The fraction of sp³-hybridized carbons (Fsp3) is 0.222. The van der Waals surface area contributed by atoms with Gasteiger partial charge in [0.05, 0.1) is 16.5 Å². The number of fused-ring (bicyclic) bond motifs is 1. The first-order valence-electron chi connectivity index (χ1n) is 7.52. The van der Waals surface area contributed by atoms with E-state index in [-0.39, 0.29) is 23.0 Å². The normalized spacial score (nSPS) is 12.6. The van der Waals surface area contributed by atoms with Crippen LogP contribution in [0.25, 0.3) is 22.3 Å². The third-order valence-corrected chi connectivity index (χ3v) is 4.03. The lowest BCUT2D eigenvalue weighted by molar-refractivity contribution is 0.585. The van der Waals surface area contributed by atoms with Crippen molar-refractivity contribution in [3.63, 3.8) is 0 Å². The zero-order valence-electron chi connectivity index (χ0n) is 13.6. The summed E-state index contributed by atoms with van der Waals surface area (Å²) >= 11 is 0. The second kappa shape index (κ2) is 5.79. The summed E-state index contributed by atoms with van der Waals surface area (Å²) in [4.78, 5) is 17.1. The summed E-state index contributed by atoms with van der Waals surface area (Å²) in [5.74, 6) is -1.61. The van der Waals surface area contributed by atoms with Gasteiger partial charge in [-0.05, 0) is 43.2 Å². The highest BCUT2D eigenvalue weighted by atomic mass is 19.1. The van der Waals surface area contributed by atoms with Crippen molar-refractivity contribution in [3.05, 3.63) is 63.4 Å². The molecule has 3 aromatic rings. The Balaban J connectivity index is 2.48. The molecule has 0 bridgehead atoms. The van der Waals surface area contributed by atoms with Gasteiger partial charge in [0, 0.05) is 13.1 Å². The van der Waals surface area contributed by atoms with Crippen LogP contribution in [-0.2, 0) is 7.05 Å². The molecular weight excluding hydrogens is 312 g/mol. The maximum absolute atomic E-state index is 14.2. The molecule has 0 saturated carbocycles. The molecule has 3 rings (SSSR count). The number of hydrogen-bond donors (Lipinski definition) is 1. The summed E-state index contributed by atoms with van der Waals surface area (Å²) in [5, 5.41) is 0.380. The molecule has 1 aromatic heterocycles. The first-order chi connectivity index (χ1) is 11.3. The number of nitrogens with two attached hydrogens (primary N) is 1. The monoisotopic (exact) mass is 329 g/mol. The van der Waals surface area contributed by atoms with Gasteiger partial charge in [0.1, 0.15) is 17.5 Å². The average molecular weight is 329 g/mol. The summed E-state index contributed by atoms with van der Waals surface area (Å²) in [6, 6.07) is 6.71. The van der Waals surface area contributed by atoms with Crippen molar-refractivity contribution in [3.8, 4) is 11.4 Å². The van der Waals surface area contributed by atoms with Gasteiger partial charge in [-0.25, -0.2) is 13.8 Å². The van der Waals surface area contributed by atoms with E-state index in [0.29, 0.717) is 16.5 Å². The van der Waals surface area contributed by atoms with Crippen molar-refractivity contribution in [2.75, 3.05) is 0 Å². The Bertz CT molecular complexity index is 989. The molecule has 24 heavy (non-hydrogen) atoms. The molecule has 0 saturated heterocycles. The number of benzene rings is 2. The van der Waals surface area contributed by atoms with Crippen LogP contribution in [-0.4, -0.2) is 9.55 Å². The highest BCUT2D eigenvalue weighted by molar-refractivity contribution is 5.84. The molecule has 0 spiro atoms. The Morgan fingerprint density at radius 1 is 1.21 bits per heavy atom. The molecule has 2 N–H and O–H groups in total. The van der Waals surface area contributed by atoms with E-state index >= 15 is 0 Å². The van der Waals surface area contributed by atoms with E-state index in [4.69, 9.17) is 5.73 Å². The van der Waals surface area contributed by atoms with Crippen LogP contribution < -0.4 is 11.3 Å². The van der Waals surface area contributed by atoms with Crippen molar-refractivity contribution in [1.29, 1.82) is 0 Å². The number of halogens is 2. The minimum atomic E-state index is -0.772. The molecule has 0 aliphatic rings. The van der Waals surface area contributed by atoms with Gasteiger partial charge in [0.25, 0.3) is 5.56 Å². The molecule has 4 nitrogen and oxygen atoms in total. The minimum Gasteiger partial charge on any atom is -0.324 e. The summed E-state index contributed by atoms with van der Waals surface area (Å²) < 4.78 is 29.5. The van der Waals surface area contributed by atoms with Crippen LogP contribution in [0.5, 0.6) is 0 Å². The van der Waals surface area contributed by atoms with Gasteiger partial charge in [0.15, 0.2) is 0 Å². The van der Waals surface area contributed by atoms with Crippen LogP contribution in [0.3, 0.4) is 0 Å². The van der Waals surface area contributed by atoms with E-state index in [1.165, 1.54) is 13.1 Å². The highest BCUT2D eigenvalue weighted by Crippen LogP contribution is 2.27. The van der Waals surface area contributed by atoms with Crippen molar-refractivity contribution >= 4 is 10.9 Å². The molecule has 0 amide bonds. The van der Waals surface area contributed by atoms with E-state index in [1.54, 1.807) is 13.0 Å². The predicted molar refractivity (Wildman–Crippen MR) is 89.7 cm³/mol. The van der Waals surface area contributed by atoms with Gasteiger partial charge in [-0.3, -0.25) is 9.36 Å². The van der Waals surface area contributed by atoms with Gasteiger partial charge in [0.2, 0.25) is 0 Å². The van der Waals surface area contributed by atoms with E-state index in [2.05, 4.69) is 4.98 Å². The number of aromatic nitrogens is 2. The molecule has 6 heteroatoms. The van der Waals surface area contributed by atoms with Crippen molar-refractivity contribution in [1.82, 2.24) is 9.55 Å². The van der Waals surface area contributed by atoms with Crippen molar-refractivity contribution < 1.29 is 8.78 Å². The van der Waals surface area contributed by atoms with Crippen LogP contribution in [0, 0.1) is 18.6 Å². The quantitative estimate of drug-likeness (QED) is 0.785. The maximum atomic E-state index is 14.2. The molecule has 0 aliphatic heterocycles. The molecule has 1 unspecified atom stereocenters. The number of hydrogen-bond acceptors (Lipinski definition) is 3. The second-order valence-corrected chi connectivity index (χ2v) is 5.94. The smallest absolute Gasteiger partial charge is 0.261 e. The lowest BCUT2D eigenvalue weighted by Crippen LogP contribution is -2.22. The van der Waals surface area contributed by atoms with Gasteiger partial charge >= 0.3 is 0 Å². The molecule has 0 fully saturated rings. The Morgan fingerprint density at radius 3 is 2.42 bits per heavy atom. The lowest BCUT2D eigenvalue weighted by atomic mass is 10.0. The summed E-state index contributed by atoms with van der Waals surface area (Å²) in [6.07, 6.45) is 0. The van der Waals surface area contributed by atoms with Gasteiger partial charge < -0.3 is 5.73 Å². The standard InChI is InChI=1S/C18H17F2N3O/c1-9-7-11(10(2)21)16-12(8-9)18(24)23(3)17(22-16)15-13(19)5-4-6-14(15)20/h4-8,10H,21H2,1-3H3. The van der Waals surface area contributed by atoms with Crippen molar-refractivity contribution in [2.24, 2.45) is 12.8 Å². The molecular formula is C18H17F2N3O. The first-order valence-corrected chi connectivity index (χ1v) is 7.52. The van der Waals surface area contributed by atoms with Crippen LogP contribution in [0.4, 0.5) is 8.78 Å². The fourth-order valence-electron chi connectivity index (χ4n) is 2.83. The highest BCUT2D eigenvalue weighted by Gasteiger charge is 2.20. The summed E-state index contributed by atoms with van der Waals surface area (Å²) in [7, 11) is 1.45. The van der Waals surface area contributed by atoms with E-state index in [1.807, 2.05) is 13.0 Å². The number of rotatable bonds is 2. The van der Waals surface area contributed by atoms with E-state index in [9.17, 15) is 13.6 Å². The molecule has 1 heterocycles. The first kappa shape index (κ1) is 16.3. The molecule has 0 radical (unpaired) electrons. The minimum absolute atomic E-state index is 0.0612. The Hall–Kier alpha value is -2.60. The van der Waals surface area contributed by atoms with E-state index < -0.39 is 11.6 Å². The van der Waals surface area contributed by atoms with Crippen LogP contribution in [0.1, 0.15) is 24.1 Å². The maximum Gasteiger partial charge on any atom is 0.261 e. The summed E-state index contributed by atoms with van der Waals surface area (Å²) in [5.41, 5.74) is 7.21. The lowest BCUT2D eigenvalue weighted by Gasteiger charge is -2.15. The molecule has 124 valence electrons. The zero-order valence-corrected chi connectivity index (χ0v) is 13.6. The topological polar surface area (TPSA) is 60.9 Å². The largest absolute Gasteiger partial charge is 0.324 e. The Morgan fingerprint density at radius 2 is 1.83 bits per heavy atom. The summed E-state index contributed by atoms with van der Waals surface area (Å²) in [6.45, 7) is 3.63. The molecule has 1 atom stereocenters. The third kappa shape index (κ3) is 2.49. The average Bonchev–Trinajstić information content (AvgIpc) is 2.51. The van der Waals surface area contributed by atoms with Crippen LogP contribution in [0.15, 0.2) is 35.1 Å². The van der Waals surface area contributed by atoms with Crippen molar-refractivity contribution in [2.45, 2.75) is 19.9 Å². The second-order valence-electron chi connectivity index (χ2n) is 5.94. The SMILES string of the molecule is Cc1cc(C(C)N)c2nc(-c3c(F)cccc3F)n(C)c(=O)c2c1. The number of nitrogens with zero attached hydrogens (tertiary/aromatic N) is 2.